The minimum Gasteiger partial charge on any atom is -0.345 e. The Morgan fingerprint density at radius 1 is 0.964 bits per heavy atom. The molecule has 0 radical (unpaired) electrons. The van der Waals surface area contributed by atoms with Crippen LogP contribution < -0.4 is 4.90 Å². The maximum absolute atomic E-state index is 13.0. The number of nitrogens with zero attached hydrogens (tertiary/aromatic N) is 3. The second kappa shape index (κ2) is 7.19. The number of hydrogen-bond donors (Lipinski definition) is 0. The van der Waals surface area contributed by atoms with E-state index in [4.69, 9.17) is 28.2 Å². The third-order valence-electron chi connectivity index (χ3n) is 4.91. The monoisotopic (exact) mass is 447 g/mol. The number of fused-ring (bicyclic) bond motifs is 2. The van der Waals surface area contributed by atoms with Gasteiger partial charge in [-0.1, -0.05) is 52.7 Å². The first-order valence-electron chi connectivity index (χ1n) is 8.87. The number of halogens is 2. The van der Waals surface area contributed by atoms with Crippen molar-refractivity contribution in [3.63, 3.8) is 0 Å². The van der Waals surface area contributed by atoms with Crippen LogP contribution in [0.3, 0.4) is 0 Å². The van der Waals surface area contributed by atoms with Crippen LogP contribution in [0.5, 0.6) is 0 Å². The summed E-state index contributed by atoms with van der Waals surface area (Å²) in [5.74, 6) is 0.0157. The van der Waals surface area contributed by atoms with Crippen LogP contribution in [0.2, 0.25) is 10.0 Å². The summed E-state index contributed by atoms with van der Waals surface area (Å²) in [5, 5.41) is 3.21. The molecule has 4 aromatic rings. The van der Waals surface area contributed by atoms with E-state index in [9.17, 15) is 4.79 Å². The predicted octanol–water partition coefficient (Wildman–Crippen LogP) is 5.78. The summed E-state index contributed by atoms with van der Waals surface area (Å²) >= 11 is 15.7. The highest BCUT2D eigenvalue weighted by Crippen LogP contribution is 2.36. The molecule has 1 aliphatic heterocycles. The van der Waals surface area contributed by atoms with E-state index >= 15 is 0 Å². The van der Waals surface area contributed by atoms with Crippen molar-refractivity contribution in [3.8, 4) is 0 Å². The summed E-state index contributed by atoms with van der Waals surface area (Å²) in [6.45, 7) is 2.81. The van der Waals surface area contributed by atoms with E-state index in [-0.39, 0.29) is 5.91 Å². The normalized spacial score (nSPS) is 14.9. The molecule has 4 nitrogen and oxygen atoms in total. The van der Waals surface area contributed by atoms with Crippen LogP contribution in [0.15, 0.2) is 42.5 Å². The van der Waals surface area contributed by atoms with E-state index in [0.29, 0.717) is 23.0 Å². The van der Waals surface area contributed by atoms with Crippen molar-refractivity contribution < 1.29 is 4.79 Å². The Kier molecular flexibility index (Phi) is 4.67. The topological polar surface area (TPSA) is 36.4 Å². The van der Waals surface area contributed by atoms with Crippen molar-refractivity contribution in [2.45, 2.75) is 0 Å². The largest absolute Gasteiger partial charge is 0.345 e. The van der Waals surface area contributed by atoms with Gasteiger partial charge in [0.25, 0.3) is 5.91 Å². The van der Waals surface area contributed by atoms with Gasteiger partial charge < -0.3 is 9.80 Å². The molecule has 0 atom stereocenters. The van der Waals surface area contributed by atoms with Gasteiger partial charge in [0, 0.05) is 41.3 Å². The Morgan fingerprint density at radius 3 is 2.54 bits per heavy atom. The lowest BCUT2D eigenvalue weighted by molar-refractivity contribution is 0.0752. The fourth-order valence-corrected chi connectivity index (χ4v) is 6.19. The fraction of sp³-hybridized carbons (Fsp3) is 0.200. The van der Waals surface area contributed by atoms with Crippen molar-refractivity contribution in [1.82, 2.24) is 9.88 Å². The lowest BCUT2D eigenvalue weighted by Gasteiger charge is -2.34. The Labute approximate surface area is 179 Å². The summed E-state index contributed by atoms with van der Waals surface area (Å²) in [6, 6.07) is 13.6. The highest BCUT2D eigenvalue weighted by molar-refractivity contribution is 7.22. The number of piperazine rings is 1. The van der Waals surface area contributed by atoms with Crippen LogP contribution >= 0.6 is 45.9 Å². The number of amides is 1. The highest BCUT2D eigenvalue weighted by Gasteiger charge is 2.27. The lowest BCUT2D eigenvalue weighted by atomic mass is 10.2. The molecule has 0 spiro atoms. The minimum atomic E-state index is 0.0157. The van der Waals surface area contributed by atoms with E-state index in [0.717, 1.165) is 43.5 Å². The molecule has 1 aliphatic rings. The maximum Gasteiger partial charge on any atom is 0.265 e. The van der Waals surface area contributed by atoms with Gasteiger partial charge >= 0.3 is 0 Å². The standard InChI is InChI=1S/C20H15Cl2N3OS2/c21-12-5-6-14-16(11-12)28-20(23-14)25-9-7-24(8-10-25)19(26)18-17(22)13-3-1-2-4-15(13)27-18/h1-6,11H,7-10H2. The summed E-state index contributed by atoms with van der Waals surface area (Å²) in [7, 11) is 0. The molecular formula is C20H15Cl2N3OS2. The number of anilines is 1. The van der Waals surface area contributed by atoms with Crippen molar-refractivity contribution in [2.75, 3.05) is 31.1 Å². The van der Waals surface area contributed by atoms with Gasteiger partial charge in [-0.05, 0) is 24.3 Å². The molecule has 1 amide bonds. The average Bonchev–Trinajstić information content (AvgIpc) is 3.29. The molecule has 2 aromatic carbocycles. The van der Waals surface area contributed by atoms with Gasteiger partial charge in [-0.15, -0.1) is 11.3 Å². The molecule has 0 bridgehead atoms. The van der Waals surface area contributed by atoms with Gasteiger partial charge in [0.15, 0.2) is 5.13 Å². The van der Waals surface area contributed by atoms with Crippen molar-refractivity contribution >= 4 is 77.2 Å². The second-order valence-corrected chi connectivity index (χ2v) is 9.50. The van der Waals surface area contributed by atoms with Crippen molar-refractivity contribution in [3.05, 3.63) is 57.4 Å². The summed E-state index contributed by atoms with van der Waals surface area (Å²) < 4.78 is 2.13. The molecule has 8 heteroatoms. The zero-order valence-corrected chi connectivity index (χ0v) is 17.8. The van der Waals surface area contributed by atoms with Gasteiger partial charge in [0.2, 0.25) is 0 Å². The zero-order chi connectivity index (χ0) is 19.3. The van der Waals surface area contributed by atoms with E-state index < -0.39 is 0 Å². The first kappa shape index (κ1) is 18.2. The summed E-state index contributed by atoms with van der Waals surface area (Å²) in [6.07, 6.45) is 0. The molecular weight excluding hydrogens is 433 g/mol. The number of thiophene rings is 1. The number of aromatic nitrogens is 1. The van der Waals surface area contributed by atoms with E-state index in [1.807, 2.05) is 47.4 Å². The molecule has 2 aromatic heterocycles. The summed E-state index contributed by atoms with van der Waals surface area (Å²) in [5.41, 5.74) is 0.958. The highest BCUT2D eigenvalue weighted by atomic mass is 35.5. The minimum absolute atomic E-state index is 0.0157. The van der Waals surface area contributed by atoms with Gasteiger partial charge in [0.05, 0.1) is 15.2 Å². The third-order valence-corrected chi connectivity index (χ3v) is 7.88. The second-order valence-electron chi connectivity index (χ2n) is 6.63. The van der Waals surface area contributed by atoms with Gasteiger partial charge in [-0.25, -0.2) is 4.98 Å². The first-order chi connectivity index (χ1) is 13.6. The van der Waals surface area contributed by atoms with E-state index in [1.54, 1.807) is 11.3 Å². The molecule has 1 fully saturated rings. The van der Waals surface area contributed by atoms with Crippen LogP contribution in [0.25, 0.3) is 20.3 Å². The molecule has 5 rings (SSSR count). The number of benzene rings is 2. The maximum atomic E-state index is 13.0. The SMILES string of the molecule is O=C(c1sc2ccccc2c1Cl)N1CCN(c2nc3ccc(Cl)cc3s2)CC1. The molecule has 0 unspecified atom stereocenters. The molecule has 1 saturated heterocycles. The number of hydrogen-bond acceptors (Lipinski definition) is 5. The van der Waals surface area contributed by atoms with Crippen LogP contribution in [0.4, 0.5) is 5.13 Å². The first-order valence-corrected chi connectivity index (χ1v) is 11.3. The number of carbonyl (C=O) groups is 1. The van der Waals surface area contributed by atoms with Gasteiger partial charge in [-0.3, -0.25) is 4.79 Å². The molecule has 0 aliphatic carbocycles. The molecule has 142 valence electrons. The Bertz CT molecular complexity index is 1190. The van der Waals surface area contributed by atoms with Gasteiger partial charge in [0.1, 0.15) is 4.88 Å². The van der Waals surface area contributed by atoms with E-state index in [2.05, 4.69) is 4.90 Å². The molecule has 0 N–H and O–H groups in total. The van der Waals surface area contributed by atoms with Crippen LogP contribution in [-0.2, 0) is 0 Å². The smallest absolute Gasteiger partial charge is 0.265 e. The Morgan fingerprint density at radius 2 is 1.75 bits per heavy atom. The molecule has 0 saturated carbocycles. The summed E-state index contributed by atoms with van der Waals surface area (Å²) in [4.78, 5) is 22.5. The van der Waals surface area contributed by atoms with Crippen molar-refractivity contribution in [2.24, 2.45) is 0 Å². The van der Waals surface area contributed by atoms with Crippen LogP contribution in [0, 0.1) is 0 Å². The molecule has 3 heterocycles. The number of thiazole rings is 1. The quantitative estimate of drug-likeness (QED) is 0.390. The van der Waals surface area contributed by atoms with Crippen molar-refractivity contribution in [1.29, 1.82) is 0 Å². The number of rotatable bonds is 2. The van der Waals surface area contributed by atoms with Gasteiger partial charge in [-0.2, -0.15) is 0 Å². The zero-order valence-electron chi connectivity index (χ0n) is 14.7. The predicted molar refractivity (Wildman–Crippen MR) is 120 cm³/mol. The van der Waals surface area contributed by atoms with Crippen LogP contribution in [0.1, 0.15) is 9.67 Å². The fourth-order valence-electron chi connectivity index (χ4n) is 3.42. The lowest BCUT2D eigenvalue weighted by Crippen LogP contribution is -2.48. The Hall–Kier alpha value is -1.86. The number of carbonyl (C=O) groups excluding carboxylic acids is 1. The Balaban J connectivity index is 1.33. The van der Waals surface area contributed by atoms with Crippen LogP contribution in [-0.4, -0.2) is 42.0 Å². The molecule has 28 heavy (non-hydrogen) atoms. The van der Waals surface area contributed by atoms with E-state index in [1.165, 1.54) is 11.3 Å². The third kappa shape index (κ3) is 3.14. The average molecular weight is 448 g/mol.